The summed E-state index contributed by atoms with van der Waals surface area (Å²) in [4.78, 5) is 24.7. The Bertz CT molecular complexity index is 1130. The lowest BCUT2D eigenvalue weighted by Gasteiger charge is -2.11. The number of hydrogen-bond donors (Lipinski definition) is 2. The Hall–Kier alpha value is -2.36. The first-order valence-corrected chi connectivity index (χ1v) is 11.5. The van der Waals surface area contributed by atoms with Gasteiger partial charge in [-0.25, -0.2) is 0 Å². The summed E-state index contributed by atoms with van der Waals surface area (Å²) in [5, 5.41) is 14.9. The highest BCUT2D eigenvalue weighted by molar-refractivity contribution is 9.10. The van der Waals surface area contributed by atoms with E-state index in [0.717, 1.165) is 21.3 Å². The minimum Gasteiger partial charge on any atom is -0.345 e. The Kier molecular flexibility index (Phi) is 7.74. The SMILES string of the molecule is Cc1c(Br)ccc(NC(=O)CSc2nnc(CNC(=O)c3ccccc3Cl)n2C)c1C. The van der Waals surface area contributed by atoms with Crippen molar-refractivity contribution in [2.24, 2.45) is 7.05 Å². The molecule has 0 saturated carbocycles. The number of nitrogens with one attached hydrogen (secondary N) is 2. The summed E-state index contributed by atoms with van der Waals surface area (Å²) in [5.74, 6) is 0.336. The number of carbonyl (C=O) groups is 2. The zero-order valence-corrected chi connectivity index (χ0v) is 20.4. The van der Waals surface area contributed by atoms with Crippen LogP contribution in [-0.2, 0) is 18.4 Å². The van der Waals surface area contributed by atoms with Crippen LogP contribution in [-0.4, -0.2) is 32.3 Å². The average Bonchev–Trinajstić information content (AvgIpc) is 3.10. The third-order valence-electron chi connectivity index (χ3n) is 4.78. The van der Waals surface area contributed by atoms with Gasteiger partial charge in [0.25, 0.3) is 5.91 Å². The van der Waals surface area contributed by atoms with Crippen LogP contribution >= 0.6 is 39.3 Å². The highest BCUT2D eigenvalue weighted by atomic mass is 79.9. The third kappa shape index (κ3) is 5.66. The predicted molar refractivity (Wildman–Crippen MR) is 127 cm³/mol. The molecule has 0 fully saturated rings. The first kappa shape index (κ1) is 23.3. The van der Waals surface area contributed by atoms with E-state index in [-0.39, 0.29) is 24.1 Å². The molecule has 0 aliphatic rings. The van der Waals surface area contributed by atoms with Gasteiger partial charge in [0.15, 0.2) is 11.0 Å². The Labute approximate surface area is 198 Å². The molecule has 2 aromatic carbocycles. The van der Waals surface area contributed by atoms with Crippen molar-refractivity contribution in [3.63, 3.8) is 0 Å². The van der Waals surface area contributed by atoms with Crippen molar-refractivity contribution in [2.45, 2.75) is 25.5 Å². The van der Waals surface area contributed by atoms with Gasteiger partial charge in [0.05, 0.1) is 22.9 Å². The quantitative estimate of drug-likeness (QED) is 0.446. The Morgan fingerprint density at radius 3 is 2.61 bits per heavy atom. The van der Waals surface area contributed by atoms with Gasteiger partial charge in [-0.05, 0) is 49.2 Å². The van der Waals surface area contributed by atoms with Gasteiger partial charge in [-0.1, -0.05) is 51.4 Å². The van der Waals surface area contributed by atoms with E-state index in [0.29, 0.717) is 21.6 Å². The zero-order chi connectivity index (χ0) is 22.5. The van der Waals surface area contributed by atoms with Gasteiger partial charge < -0.3 is 15.2 Å². The van der Waals surface area contributed by atoms with Crippen LogP contribution in [0.1, 0.15) is 27.3 Å². The molecule has 0 aliphatic heterocycles. The molecule has 0 unspecified atom stereocenters. The minimum atomic E-state index is -0.289. The van der Waals surface area contributed by atoms with Crippen molar-refractivity contribution in [1.29, 1.82) is 0 Å². The van der Waals surface area contributed by atoms with Crippen LogP contribution in [0.4, 0.5) is 5.69 Å². The van der Waals surface area contributed by atoms with Crippen molar-refractivity contribution in [2.75, 3.05) is 11.1 Å². The van der Waals surface area contributed by atoms with Gasteiger partial charge in [-0.3, -0.25) is 9.59 Å². The van der Waals surface area contributed by atoms with E-state index in [1.54, 1.807) is 35.9 Å². The Morgan fingerprint density at radius 2 is 1.87 bits per heavy atom. The van der Waals surface area contributed by atoms with E-state index in [2.05, 4.69) is 36.8 Å². The largest absolute Gasteiger partial charge is 0.345 e. The molecule has 2 N–H and O–H groups in total. The molecule has 1 aromatic heterocycles. The van der Waals surface area contributed by atoms with Crippen molar-refractivity contribution in [3.05, 3.63) is 68.4 Å². The van der Waals surface area contributed by atoms with Crippen LogP contribution in [0.2, 0.25) is 5.02 Å². The normalized spacial score (nSPS) is 10.7. The molecule has 0 radical (unpaired) electrons. The molecule has 10 heteroatoms. The van der Waals surface area contributed by atoms with Crippen molar-refractivity contribution in [3.8, 4) is 0 Å². The zero-order valence-electron chi connectivity index (χ0n) is 17.2. The first-order chi connectivity index (χ1) is 14.8. The van der Waals surface area contributed by atoms with E-state index in [1.165, 1.54) is 11.8 Å². The highest BCUT2D eigenvalue weighted by Gasteiger charge is 2.15. The van der Waals surface area contributed by atoms with E-state index in [1.807, 2.05) is 26.0 Å². The van der Waals surface area contributed by atoms with Gasteiger partial charge in [-0.15, -0.1) is 10.2 Å². The average molecular weight is 523 g/mol. The van der Waals surface area contributed by atoms with Gasteiger partial charge >= 0.3 is 0 Å². The summed E-state index contributed by atoms with van der Waals surface area (Å²) in [6, 6.07) is 10.6. The number of amides is 2. The standard InChI is InChI=1S/C21H21BrClN5O2S/c1-12-13(2)17(9-8-15(12)22)25-19(29)11-31-21-27-26-18(28(21)3)10-24-20(30)14-6-4-5-7-16(14)23/h4-9H,10-11H2,1-3H3,(H,24,30)(H,25,29). The van der Waals surface area contributed by atoms with E-state index >= 15 is 0 Å². The number of nitrogens with zero attached hydrogens (tertiary/aromatic N) is 3. The maximum absolute atomic E-state index is 12.4. The lowest BCUT2D eigenvalue weighted by Crippen LogP contribution is -2.24. The number of hydrogen-bond acceptors (Lipinski definition) is 5. The number of carbonyl (C=O) groups excluding carboxylic acids is 2. The molecule has 3 rings (SSSR count). The van der Waals surface area contributed by atoms with E-state index in [4.69, 9.17) is 11.6 Å². The number of aromatic nitrogens is 3. The first-order valence-electron chi connectivity index (χ1n) is 9.37. The van der Waals surface area contributed by atoms with Crippen LogP contribution < -0.4 is 10.6 Å². The molecular weight excluding hydrogens is 502 g/mol. The van der Waals surface area contributed by atoms with Gasteiger partial charge in [-0.2, -0.15) is 0 Å². The summed E-state index contributed by atoms with van der Waals surface area (Å²) >= 11 is 10.8. The highest BCUT2D eigenvalue weighted by Crippen LogP contribution is 2.26. The summed E-state index contributed by atoms with van der Waals surface area (Å²) in [6.45, 7) is 4.15. The van der Waals surface area contributed by atoms with Gasteiger partial charge in [0.1, 0.15) is 0 Å². The summed E-state index contributed by atoms with van der Waals surface area (Å²) in [7, 11) is 1.79. The molecule has 0 saturated heterocycles. The van der Waals surface area contributed by atoms with Gasteiger partial charge in [0.2, 0.25) is 5.91 Å². The number of benzene rings is 2. The lowest BCUT2D eigenvalue weighted by atomic mass is 10.1. The monoisotopic (exact) mass is 521 g/mol. The fourth-order valence-electron chi connectivity index (χ4n) is 2.76. The van der Waals surface area contributed by atoms with Crippen molar-refractivity contribution < 1.29 is 9.59 Å². The smallest absolute Gasteiger partial charge is 0.253 e. The predicted octanol–water partition coefficient (Wildman–Crippen LogP) is 4.51. The van der Waals surface area contributed by atoms with Crippen LogP contribution in [0.15, 0.2) is 46.0 Å². The fourth-order valence-corrected chi connectivity index (χ4v) is 4.15. The molecule has 162 valence electrons. The summed E-state index contributed by atoms with van der Waals surface area (Å²) in [5.41, 5.74) is 3.29. The second-order valence-corrected chi connectivity index (χ2v) is 9.01. The van der Waals surface area contributed by atoms with Crippen molar-refractivity contribution in [1.82, 2.24) is 20.1 Å². The number of anilines is 1. The van der Waals surface area contributed by atoms with Crippen LogP contribution in [0, 0.1) is 13.8 Å². The second kappa shape index (κ2) is 10.3. The molecule has 0 atom stereocenters. The topological polar surface area (TPSA) is 88.9 Å². The molecular formula is C21H21BrClN5O2S. The van der Waals surface area contributed by atoms with Crippen molar-refractivity contribution >= 4 is 56.8 Å². The third-order valence-corrected chi connectivity index (χ3v) is 6.99. The molecule has 7 nitrogen and oxygen atoms in total. The maximum atomic E-state index is 12.4. The van der Waals surface area contributed by atoms with E-state index in [9.17, 15) is 9.59 Å². The Morgan fingerprint density at radius 1 is 1.13 bits per heavy atom. The minimum absolute atomic E-state index is 0.133. The lowest BCUT2D eigenvalue weighted by molar-refractivity contribution is -0.113. The number of halogens is 2. The molecule has 0 aliphatic carbocycles. The number of thioether (sulfide) groups is 1. The molecule has 0 spiro atoms. The molecule has 31 heavy (non-hydrogen) atoms. The van der Waals surface area contributed by atoms with Crippen LogP contribution in [0.25, 0.3) is 0 Å². The van der Waals surface area contributed by atoms with Crippen LogP contribution in [0.3, 0.4) is 0 Å². The molecule has 2 amide bonds. The molecule has 1 heterocycles. The fraction of sp³-hybridized carbons (Fsp3) is 0.238. The van der Waals surface area contributed by atoms with Gasteiger partial charge in [0, 0.05) is 17.2 Å². The molecule has 0 bridgehead atoms. The maximum Gasteiger partial charge on any atom is 0.253 e. The number of rotatable bonds is 7. The summed E-state index contributed by atoms with van der Waals surface area (Å²) in [6.07, 6.45) is 0. The van der Waals surface area contributed by atoms with E-state index < -0.39 is 0 Å². The Balaban J connectivity index is 1.55. The molecule has 3 aromatic rings. The second-order valence-electron chi connectivity index (χ2n) is 6.80. The summed E-state index contributed by atoms with van der Waals surface area (Å²) < 4.78 is 2.76. The van der Waals surface area contributed by atoms with Crippen LogP contribution in [0.5, 0.6) is 0 Å².